The SMILES string of the molecule is O=C(Nc1ccc2[nH]c(C(=O)n3nnc4ccccc43)cc2c1)[C@H]1NCCC1C1CCCCC1. The number of nitrogens with zero attached hydrogens (tertiary/aromatic N) is 3. The predicted molar refractivity (Wildman–Crippen MR) is 131 cm³/mol. The fourth-order valence-electron chi connectivity index (χ4n) is 5.76. The third kappa shape index (κ3) is 3.77. The van der Waals surface area contributed by atoms with Crippen molar-refractivity contribution in [1.82, 2.24) is 25.3 Å². The largest absolute Gasteiger partial charge is 0.350 e. The number of nitrogens with one attached hydrogen (secondary N) is 3. The normalized spacial score (nSPS) is 21.3. The summed E-state index contributed by atoms with van der Waals surface area (Å²) in [6.07, 6.45) is 7.44. The fraction of sp³-hybridized carbons (Fsp3) is 0.385. The van der Waals surface area contributed by atoms with Gasteiger partial charge in [-0.1, -0.05) is 49.5 Å². The molecule has 34 heavy (non-hydrogen) atoms. The molecule has 2 aliphatic rings. The molecule has 2 aromatic carbocycles. The van der Waals surface area contributed by atoms with Crippen LogP contribution < -0.4 is 10.6 Å². The molecule has 1 amide bonds. The number of rotatable bonds is 4. The number of aromatic amines is 1. The molecular formula is C26H28N6O2. The van der Waals surface area contributed by atoms with Crippen LogP contribution in [0, 0.1) is 11.8 Å². The van der Waals surface area contributed by atoms with E-state index in [0.29, 0.717) is 28.6 Å². The number of hydrogen-bond donors (Lipinski definition) is 3. The second kappa shape index (κ2) is 8.68. The minimum absolute atomic E-state index is 0.0355. The van der Waals surface area contributed by atoms with Crippen molar-refractivity contribution in [2.75, 3.05) is 11.9 Å². The van der Waals surface area contributed by atoms with Crippen LogP contribution in [0.2, 0.25) is 0 Å². The van der Waals surface area contributed by atoms with Crippen LogP contribution >= 0.6 is 0 Å². The second-order valence-corrected chi connectivity index (χ2v) is 9.55. The first-order valence-corrected chi connectivity index (χ1v) is 12.2. The van der Waals surface area contributed by atoms with Gasteiger partial charge in [0.05, 0.1) is 11.6 Å². The van der Waals surface area contributed by atoms with E-state index in [2.05, 4.69) is 25.9 Å². The second-order valence-electron chi connectivity index (χ2n) is 9.55. The van der Waals surface area contributed by atoms with E-state index in [-0.39, 0.29) is 17.9 Å². The Morgan fingerprint density at radius 2 is 1.85 bits per heavy atom. The maximum Gasteiger partial charge on any atom is 0.296 e. The van der Waals surface area contributed by atoms with Crippen molar-refractivity contribution in [1.29, 1.82) is 0 Å². The molecule has 1 saturated carbocycles. The Morgan fingerprint density at radius 1 is 1.00 bits per heavy atom. The minimum Gasteiger partial charge on any atom is -0.350 e. The first-order valence-electron chi connectivity index (χ1n) is 12.2. The molecule has 0 radical (unpaired) electrons. The number of anilines is 1. The number of amides is 1. The van der Waals surface area contributed by atoms with E-state index < -0.39 is 0 Å². The summed E-state index contributed by atoms with van der Waals surface area (Å²) in [4.78, 5) is 29.4. The highest BCUT2D eigenvalue weighted by molar-refractivity contribution is 6.03. The molecule has 2 aromatic heterocycles. The van der Waals surface area contributed by atoms with Crippen molar-refractivity contribution in [2.24, 2.45) is 11.8 Å². The summed E-state index contributed by atoms with van der Waals surface area (Å²) in [5.41, 5.74) is 3.31. The van der Waals surface area contributed by atoms with Gasteiger partial charge in [-0.25, -0.2) is 0 Å². The summed E-state index contributed by atoms with van der Waals surface area (Å²) < 4.78 is 1.31. The molecule has 3 heterocycles. The van der Waals surface area contributed by atoms with Gasteiger partial charge in [-0.05, 0) is 61.2 Å². The number of H-pyrrole nitrogens is 1. The van der Waals surface area contributed by atoms with Gasteiger partial charge in [0.2, 0.25) is 5.91 Å². The van der Waals surface area contributed by atoms with E-state index in [1.165, 1.54) is 36.8 Å². The summed E-state index contributed by atoms with van der Waals surface area (Å²) in [5.74, 6) is 0.820. The lowest BCUT2D eigenvalue weighted by Gasteiger charge is -2.30. The van der Waals surface area contributed by atoms with Crippen LogP contribution in [0.1, 0.15) is 49.0 Å². The van der Waals surface area contributed by atoms with Gasteiger partial charge < -0.3 is 15.6 Å². The number of fused-ring (bicyclic) bond motifs is 2. The lowest BCUT2D eigenvalue weighted by atomic mass is 9.76. The van der Waals surface area contributed by atoms with Crippen LogP contribution in [0.5, 0.6) is 0 Å². The first kappa shape index (κ1) is 21.0. The van der Waals surface area contributed by atoms with E-state index in [1.54, 1.807) is 6.07 Å². The van der Waals surface area contributed by atoms with Gasteiger partial charge in [0.25, 0.3) is 5.91 Å². The lowest BCUT2D eigenvalue weighted by Crippen LogP contribution is -2.42. The number of hydrogen-bond acceptors (Lipinski definition) is 5. The maximum atomic E-state index is 13.1. The fourth-order valence-corrected chi connectivity index (χ4v) is 5.76. The summed E-state index contributed by atoms with van der Waals surface area (Å²) in [5, 5.41) is 15.5. The highest BCUT2D eigenvalue weighted by Crippen LogP contribution is 2.36. The summed E-state index contributed by atoms with van der Waals surface area (Å²) >= 11 is 0. The highest BCUT2D eigenvalue weighted by atomic mass is 16.2. The molecule has 0 bridgehead atoms. The summed E-state index contributed by atoms with van der Waals surface area (Å²) in [6.45, 7) is 0.901. The molecule has 3 N–H and O–H groups in total. The first-order chi connectivity index (χ1) is 16.7. The molecule has 1 aliphatic carbocycles. The van der Waals surface area contributed by atoms with Crippen LogP contribution in [-0.2, 0) is 4.79 Å². The van der Waals surface area contributed by atoms with E-state index >= 15 is 0 Å². The topological polar surface area (TPSA) is 105 Å². The molecule has 1 aliphatic heterocycles. The molecule has 2 fully saturated rings. The summed E-state index contributed by atoms with van der Waals surface area (Å²) in [6, 6.07) is 14.7. The average molecular weight is 457 g/mol. The standard InChI is InChI=1S/C26H28N6O2/c33-25(24-19(12-13-27-24)16-6-2-1-3-7-16)28-18-10-11-20-17(14-18)15-22(29-20)26(34)32-23-9-5-4-8-21(23)30-31-32/h4-5,8-11,14-16,19,24,27,29H,1-3,6-7,12-13H2,(H,28,33)/t19?,24-/m0/s1. The number of benzene rings is 2. The third-order valence-corrected chi connectivity index (χ3v) is 7.47. The Kier molecular flexibility index (Phi) is 5.37. The zero-order valence-corrected chi connectivity index (χ0v) is 19.0. The highest BCUT2D eigenvalue weighted by Gasteiger charge is 2.38. The van der Waals surface area contributed by atoms with E-state index in [4.69, 9.17) is 0 Å². The van der Waals surface area contributed by atoms with Crippen LogP contribution in [0.3, 0.4) is 0 Å². The van der Waals surface area contributed by atoms with Crippen molar-refractivity contribution in [2.45, 2.75) is 44.6 Å². The minimum atomic E-state index is -0.277. The molecule has 8 heteroatoms. The molecule has 6 rings (SSSR count). The van der Waals surface area contributed by atoms with Gasteiger partial charge in [-0.3, -0.25) is 9.59 Å². The zero-order valence-electron chi connectivity index (χ0n) is 19.0. The molecule has 2 atom stereocenters. The van der Waals surface area contributed by atoms with Gasteiger partial charge in [-0.2, -0.15) is 4.68 Å². The van der Waals surface area contributed by atoms with Crippen LogP contribution in [0.25, 0.3) is 21.9 Å². The Bertz CT molecular complexity index is 1370. The number of carbonyl (C=O) groups excluding carboxylic acids is 2. The van der Waals surface area contributed by atoms with Gasteiger partial charge in [0.1, 0.15) is 11.2 Å². The number of carbonyl (C=O) groups is 2. The molecule has 1 unspecified atom stereocenters. The zero-order chi connectivity index (χ0) is 23.1. The number of aromatic nitrogens is 4. The average Bonchev–Trinajstić information content (AvgIpc) is 3.62. The molecule has 1 saturated heterocycles. The van der Waals surface area contributed by atoms with Crippen LogP contribution in [0.4, 0.5) is 5.69 Å². The van der Waals surface area contributed by atoms with Gasteiger partial charge in [0, 0.05) is 16.6 Å². The molecular weight excluding hydrogens is 428 g/mol. The van der Waals surface area contributed by atoms with Crippen LogP contribution in [0.15, 0.2) is 48.5 Å². The quantitative estimate of drug-likeness (QED) is 0.429. The molecule has 8 nitrogen and oxygen atoms in total. The number of para-hydroxylation sites is 1. The van der Waals surface area contributed by atoms with E-state index in [0.717, 1.165) is 29.6 Å². The third-order valence-electron chi connectivity index (χ3n) is 7.47. The van der Waals surface area contributed by atoms with Crippen molar-refractivity contribution in [3.63, 3.8) is 0 Å². The van der Waals surface area contributed by atoms with Crippen LogP contribution in [-0.4, -0.2) is 44.4 Å². The monoisotopic (exact) mass is 456 g/mol. The Labute approximate surface area is 197 Å². The van der Waals surface area contributed by atoms with E-state index in [9.17, 15) is 9.59 Å². The lowest BCUT2D eigenvalue weighted by molar-refractivity contribution is -0.119. The Hall–Kier alpha value is -3.52. The van der Waals surface area contributed by atoms with Crippen molar-refractivity contribution in [3.05, 3.63) is 54.2 Å². The van der Waals surface area contributed by atoms with Crippen molar-refractivity contribution in [3.8, 4) is 0 Å². The summed E-state index contributed by atoms with van der Waals surface area (Å²) in [7, 11) is 0. The van der Waals surface area contributed by atoms with Gasteiger partial charge in [0.15, 0.2) is 0 Å². The van der Waals surface area contributed by atoms with Crippen molar-refractivity contribution >= 4 is 39.4 Å². The van der Waals surface area contributed by atoms with E-state index in [1.807, 2.05) is 42.5 Å². The Morgan fingerprint density at radius 3 is 2.74 bits per heavy atom. The van der Waals surface area contributed by atoms with Crippen molar-refractivity contribution < 1.29 is 9.59 Å². The van der Waals surface area contributed by atoms with Gasteiger partial charge in [-0.15, -0.1) is 5.10 Å². The Balaban J connectivity index is 1.21. The maximum absolute atomic E-state index is 13.1. The molecule has 4 aromatic rings. The van der Waals surface area contributed by atoms with Gasteiger partial charge >= 0.3 is 0 Å². The molecule has 0 spiro atoms. The molecule has 174 valence electrons. The predicted octanol–water partition coefficient (Wildman–Crippen LogP) is 4.10. The smallest absolute Gasteiger partial charge is 0.296 e.